The summed E-state index contributed by atoms with van der Waals surface area (Å²) in [4.78, 5) is 4.75. The predicted molar refractivity (Wildman–Crippen MR) is 340 cm³/mol. The van der Waals surface area contributed by atoms with Gasteiger partial charge in [0.05, 0.1) is 45.8 Å². The van der Waals surface area contributed by atoms with Crippen LogP contribution < -0.4 is 0 Å². The van der Waals surface area contributed by atoms with Crippen molar-refractivity contribution in [3.05, 3.63) is 239 Å². The van der Waals surface area contributed by atoms with E-state index in [1.807, 2.05) is 0 Å². The number of fused-ring (bicyclic) bond motifs is 12. The highest BCUT2D eigenvalue weighted by molar-refractivity contribution is 6.31. The highest BCUT2D eigenvalue weighted by atomic mass is 14.9. The van der Waals surface area contributed by atoms with Gasteiger partial charge in [0.1, 0.15) is 0 Å². The number of rotatable bonds is 2. The quantitative estimate of drug-likeness (QED) is 0.159. The molecule has 4 nitrogen and oxygen atoms in total. The van der Waals surface area contributed by atoms with E-state index in [1.165, 1.54) is 160 Å². The summed E-state index contributed by atoms with van der Waals surface area (Å²) in [5.74, 6) is -0.0800. The molecule has 4 aromatic heterocycles. The normalized spacial score (nSPS) is 18.1. The molecule has 4 heteroatoms. The third-order valence-electron chi connectivity index (χ3n) is 20.1. The van der Waals surface area contributed by atoms with Crippen molar-refractivity contribution in [2.45, 2.75) is 130 Å². The second-order valence-electron chi connectivity index (χ2n) is 29.6. The van der Waals surface area contributed by atoms with Crippen molar-refractivity contribution in [1.82, 2.24) is 8.80 Å². The topological polar surface area (TPSA) is 37.0 Å². The molecule has 82 heavy (non-hydrogen) atoms. The zero-order chi connectivity index (χ0) is 56.3. The number of nitrogens with zero attached hydrogens (tertiary/aromatic N) is 4. The van der Waals surface area contributed by atoms with Gasteiger partial charge in [-0.1, -0.05) is 180 Å². The summed E-state index contributed by atoms with van der Waals surface area (Å²) in [6, 6.07) is 54.6. The molecule has 0 N–H and O–H groups in total. The first-order chi connectivity index (χ1) is 39.2. The van der Waals surface area contributed by atoms with Crippen LogP contribution in [0.4, 0.5) is 5.69 Å². The smallest absolute Gasteiger partial charge is 0.196 e. The Balaban J connectivity index is 1.09. The average molecular weight is 1060 g/mol. The van der Waals surface area contributed by atoms with Crippen LogP contribution in [0, 0.1) is 28.7 Å². The van der Waals surface area contributed by atoms with Gasteiger partial charge in [0.15, 0.2) is 5.69 Å². The van der Waals surface area contributed by atoms with Gasteiger partial charge in [-0.25, -0.2) is 4.85 Å². The summed E-state index contributed by atoms with van der Waals surface area (Å²) < 4.78 is 5.29. The van der Waals surface area contributed by atoms with Gasteiger partial charge in [-0.3, -0.25) is 0 Å². The molecule has 398 valence electrons. The molecule has 6 aliphatic rings. The number of hydrogen-bond acceptors (Lipinski definition) is 1. The van der Waals surface area contributed by atoms with Gasteiger partial charge in [-0.05, 0) is 160 Å². The molecule has 0 spiro atoms. The molecule has 0 fully saturated rings. The van der Waals surface area contributed by atoms with E-state index < -0.39 is 0 Å². The molecule has 0 amide bonds. The lowest BCUT2D eigenvalue weighted by Crippen LogP contribution is -2.29. The van der Waals surface area contributed by atoms with Crippen molar-refractivity contribution in [2.24, 2.45) is 10.8 Å². The SMILES string of the molecule is [C-]#[N+]c1c2c(c3c4cc(C(C)(C)C)cc5c6cc7c(cc6n(c3c1CC(C)(C)C)c54)c1cc(C(C)(C)C)cc3c4c5c(c(C#N)c(CC(C)(C)C)c4n7c13)C1c3ccccc3C5c3ccccc31)C1c3ccccc3C2c2ccccc21. The predicted octanol–water partition coefficient (Wildman–Crippen LogP) is 20.2. The molecule has 19 rings (SSSR count). The standard InChI is InChI=1S/C78H66N4/c1-75(2,3)36-55-57(38-79)64-60-41-22-14-16-24-43(41)61(44-25-17-15-23-42(44)60)67(64)65-53-32-39(77(7,8)9)30-51-49-35-59-50(34-58(49)81(71(51)53)73(55)65)52-31-40(78(10,11)12)33-54-66-68-62-45-26-18-20-28-47(45)63(48-29-21-19-27-46(48)62)69(68)70(80-13)56(37-76(4,5)6)74(66)82(59)72(52)54/h14-35,60-63H,36-37H2,1-12H3. The van der Waals surface area contributed by atoms with Gasteiger partial charge >= 0.3 is 0 Å². The second kappa shape index (κ2) is 15.4. The van der Waals surface area contributed by atoms with Gasteiger partial charge in [0.25, 0.3) is 0 Å². The van der Waals surface area contributed by atoms with E-state index in [0.29, 0.717) is 0 Å². The van der Waals surface area contributed by atoms with Crippen LogP contribution in [0.1, 0.15) is 201 Å². The van der Waals surface area contributed by atoms with Crippen LogP contribution in [0.25, 0.3) is 81.0 Å². The third-order valence-corrected chi connectivity index (χ3v) is 20.1. The average Bonchev–Trinajstić information content (AvgIpc) is 1.47. The summed E-state index contributed by atoms with van der Waals surface area (Å²) in [6.07, 6.45) is 1.52. The van der Waals surface area contributed by atoms with Crippen molar-refractivity contribution in [2.75, 3.05) is 0 Å². The number of nitriles is 1. The van der Waals surface area contributed by atoms with E-state index in [1.54, 1.807) is 0 Å². The van der Waals surface area contributed by atoms with Crippen molar-refractivity contribution in [3.63, 3.8) is 0 Å². The van der Waals surface area contributed by atoms with Gasteiger partial charge in [-0.15, -0.1) is 0 Å². The minimum atomic E-state index is -0.159. The van der Waals surface area contributed by atoms with Gasteiger partial charge < -0.3 is 8.80 Å². The van der Waals surface area contributed by atoms with Crippen molar-refractivity contribution in [1.29, 1.82) is 5.26 Å². The fourth-order valence-electron chi connectivity index (χ4n) is 17.1. The van der Waals surface area contributed by atoms with E-state index in [9.17, 15) is 11.8 Å². The summed E-state index contributed by atoms with van der Waals surface area (Å²) in [5.41, 5.74) is 29.3. The lowest BCUT2D eigenvalue weighted by molar-refractivity contribution is 0.411. The fraction of sp³-hybridized carbons (Fsp3) is 0.282. The highest BCUT2D eigenvalue weighted by Gasteiger charge is 2.48. The number of aromatic nitrogens is 2. The Morgan fingerprint density at radius 2 is 0.744 bits per heavy atom. The van der Waals surface area contributed by atoms with Crippen molar-refractivity contribution in [3.8, 4) is 6.07 Å². The maximum atomic E-state index is 12.0. The zero-order valence-electron chi connectivity index (χ0n) is 49.2. The first-order valence-corrected chi connectivity index (χ1v) is 29.9. The Bertz CT molecular complexity index is 4760. The van der Waals surface area contributed by atoms with E-state index in [0.717, 1.165) is 29.7 Å². The maximum Gasteiger partial charge on any atom is 0.196 e. The molecule has 0 unspecified atom stereocenters. The van der Waals surface area contributed by atoms with Crippen LogP contribution in [0.3, 0.4) is 0 Å². The first-order valence-electron chi connectivity index (χ1n) is 29.9. The third kappa shape index (κ3) is 5.91. The number of hydrogen-bond donors (Lipinski definition) is 0. The Labute approximate surface area is 480 Å². The number of benzene rings is 9. The minimum Gasteiger partial charge on any atom is -0.309 e. The molecule has 6 aliphatic carbocycles. The minimum absolute atomic E-state index is 0.00471. The molecule has 0 aliphatic heterocycles. The molecular formula is C78H66N4. The molecule has 0 atom stereocenters. The van der Waals surface area contributed by atoms with E-state index in [2.05, 4.69) is 231 Å². The molecule has 0 saturated carbocycles. The lowest BCUT2D eigenvalue weighted by atomic mass is 9.59. The van der Waals surface area contributed by atoms with E-state index in [-0.39, 0.29) is 45.3 Å². The largest absolute Gasteiger partial charge is 0.309 e. The van der Waals surface area contributed by atoms with Gasteiger partial charge in [0.2, 0.25) is 0 Å². The van der Waals surface area contributed by atoms with Crippen molar-refractivity contribution < 1.29 is 0 Å². The second-order valence-corrected chi connectivity index (χ2v) is 29.6. The molecule has 0 radical (unpaired) electrons. The summed E-state index contributed by atoms with van der Waals surface area (Å²) in [6.45, 7) is 37.6. The summed E-state index contributed by atoms with van der Waals surface area (Å²) in [5, 5.41) is 22.1. The molecule has 4 heterocycles. The Kier molecular flexibility index (Phi) is 9.04. The molecule has 0 saturated heterocycles. The fourth-order valence-corrected chi connectivity index (χ4v) is 17.1. The Morgan fingerprint density at radius 1 is 0.415 bits per heavy atom. The zero-order valence-corrected chi connectivity index (χ0v) is 49.2. The maximum absolute atomic E-state index is 12.0. The molecule has 9 aromatic carbocycles. The Hall–Kier alpha value is -8.44. The van der Waals surface area contributed by atoms with E-state index in [4.69, 9.17) is 4.85 Å². The van der Waals surface area contributed by atoms with Crippen molar-refractivity contribution >= 4 is 81.9 Å². The lowest BCUT2D eigenvalue weighted by Gasteiger charge is -2.44. The van der Waals surface area contributed by atoms with Gasteiger partial charge in [0, 0.05) is 72.3 Å². The molecular weight excluding hydrogens is 993 g/mol. The van der Waals surface area contributed by atoms with Crippen LogP contribution >= 0.6 is 0 Å². The van der Waals surface area contributed by atoms with E-state index >= 15 is 0 Å². The van der Waals surface area contributed by atoms with Crippen LogP contribution in [-0.2, 0) is 23.7 Å². The monoisotopic (exact) mass is 1060 g/mol. The van der Waals surface area contributed by atoms with Crippen LogP contribution in [0.5, 0.6) is 0 Å². The summed E-state index contributed by atoms with van der Waals surface area (Å²) >= 11 is 0. The first kappa shape index (κ1) is 48.3. The summed E-state index contributed by atoms with van der Waals surface area (Å²) in [7, 11) is 0. The molecule has 4 bridgehead atoms. The van der Waals surface area contributed by atoms with Crippen LogP contribution in [0.15, 0.2) is 133 Å². The molecule has 13 aromatic rings. The van der Waals surface area contributed by atoms with Crippen LogP contribution in [0.2, 0.25) is 0 Å². The van der Waals surface area contributed by atoms with Crippen LogP contribution in [-0.4, -0.2) is 8.80 Å². The van der Waals surface area contributed by atoms with Gasteiger partial charge in [-0.2, -0.15) is 5.26 Å². The Morgan fingerprint density at radius 3 is 1.10 bits per heavy atom. The highest BCUT2D eigenvalue weighted by Crippen LogP contribution is 2.64.